The summed E-state index contributed by atoms with van der Waals surface area (Å²) in [7, 11) is 0. The predicted octanol–water partition coefficient (Wildman–Crippen LogP) is 5.23. The fraction of sp³-hybridized carbons (Fsp3) is 0.118. The van der Waals surface area contributed by atoms with Crippen LogP contribution in [0.2, 0.25) is 15.1 Å². The monoisotopic (exact) mass is 393 g/mol. The summed E-state index contributed by atoms with van der Waals surface area (Å²) < 4.78 is 0. The van der Waals surface area contributed by atoms with Gasteiger partial charge in [0.25, 0.3) is 0 Å². The van der Waals surface area contributed by atoms with Gasteiger partial charge in [0.15, 0.2) is 5.82 Å². The summed E-state index contributed by atoms with van der Waals surface area (Å²) >= 11 is 18.0. The average molecular weight is 395 g/mol. The highest BCUT2D eigenvalue weighted by molar-refractivity contribution is 6.35. The Morgan fingerprint density at radius 1 is 0.920 bits per heavy atom. The van der Waals surface area contributed by atoms with Crippen molar-refractivity contribution in [3.63, 3.8) is 0 Å². The van der Waals surface area contributed by atoms with Gasteiger partial charge in [0, 0.05) is 27.3 Å². The lowest BCUT2D eigenvalue weighted by Gasteiger charge is -2.08. The number of rotatable bonds is 6. The van der Waals surface area contributed by atoms with Gasteiger partial charge in [-0.15, -0.1) is 5.10 Å². The third kappa shape index (κ3) is 5.46. The van der Waals surface area contributed by atoms with Crippen molar-refractivity contribution in [1.82, 2.24) is 15.2 Å². The first-order valence-corrected chi connectivity index (χ1v) is 8.63. The third-order valence-electron chi connectivity index (χ3n) is 3.28. The molecule has 0 amide bonds. The van der Waals surface area contributed by atoms with Gasteiger partial charge in [0.05, 0.1) is 6.20 Å². The highest BCUT2D eigenvalue weighted by Crippen LogP contribution is 2.24. The number of aromatic nitrogens is 3. The van der Waals surface area contributed by atoms with Crippen LogP contribution in [0.5, 0.6) is 0 Å². The Hall–Kier alpha value is -2.08. The van der Waals surface area contributed by atoms with Crippen molar-refractivity contribution in [3.8, 4) is 0 Å². The molecule has 0 spiro atoms. The maximum absolute atomic E-state index is 5.99. The number of nitrogens with one attached hydrogen (secondary N) is 2. The van der Waals surface area contributed by atoms with E-state index < -0.39 is 0 Å². The minimum atomic E-state index is 0.431. The van der Waals surface area contributed by atoms with Crippen LogP contribution in [0.4, 0.5) is 17.5 Å². The van der Waals surface area contributed by atoms with Gasteiger partial charge in [-0.3, -0.25) is 0 Å². The second-order valence-electron chi connectivity index (χ2n) is 5.26. The molecule has 2 N–H and O–H groups in total. The predicted molar refractivity (Wildman–Crippen MR) is 103 cm³/mol. The molecule has 0 atom stereocenters. The Bertz CT molecular complexity index is 852. The molecule has 0 saturated heterocycles. The lowest BCUT2D eigenvalue weighted by atomic mass is 10.1. The smallest absolute Gasteiger partial charge is 0.244 e. The van der Waals surface area contributed by atoms with Crippen molar-refractivity contribution in [1.29, 1.82) is 0 Å². The van der Waals surface area contributed by atoms with Gasteiger partial charge in [-0.05, 0) is 42.3 Å². The Morgan fingerprint density at radius 2 is 1.72 bits per heavy atom. The molecule has 3 aromatic rings. The van der Waals surface area contributed by atoms with Crippen molar-refractivity contribution in [3.05, 3.63) is 69.3 Å². The molecule has 0 bridgehead atoms. The van der Waals surface area contributed by atoms with Gasteiger partial charge in [-0.25, -0.2) is 0 Å². The summed E-state index contributed by atoms with van der Waals surface area (Å²) in [5.41, 5.74) is 1.86. The van der Waals surface area contributed by atoms with E-state index in [1.807, 2.05) is 24.3 Å². The molecular weight excluding hydrogens is 381 g/mol. The van der Waals surface area contributed by atoms with Crippen LogP contribution in [0.25, 0.3) is 0 Å². The van der Waals surface area contributed by atoms with Gasteiger partial charge < -0.3 is 10.6 Å². The zero-order chi connectivity index (χ0) is 17.6. The summed E-state index contributed by atoms with van der Waals surface area (Å²) in [5, 5.41) is 16.0. The van der Waals surface area contributed by atoms with E-state index in [9.17, 15) is 0 Å². The first kappa shape index (κ1) is 17.7. The molecule has 0 saturated carbocycles. The highest BCUT2D eigenvalue weighted by Gasteiger charge is 2.03. The quantitative estimate of drug-likeness (QED) is 0.599. The highest BCUT2D eigenvalue weighted by atomic mass is 35.5. The largest absolute Gasteiger partial charge is 0.353 e. The number of hydrogen-bond acceptors (Lipinski definition) is 5. The second-order valence-corrected chi connectivity index (χ2v) is 6.56. The summed E-state index contributed by atoms with van der Waals surface area (Å²) in [6.45, 7) is 0.661. The first-order valence-electron chi connectivity index (χ1n) is 7.50. The zero-order valence-corrected chi connectivity index (χ0v) is 15.3. The van der Waals surface area contributed by atoms with Crippen LogP contribution in [0.1, 0.15) is 5.56 Å². The third-order valence-corrected chi connectivity index (χ3v) is 3.95. The number of anilines is 3. The van der Waals surface area contributed by atoms with E-state index in [-0.39, 0.29) is 0 Å². The van der Waals surface area contributed by atoms with E-state index in [4.69, 9.17) is 34.8 Å². The molecule has 128 valence electrons. The summed E-state index contributed by atoms with van der Waals surface area (Å²) in [5.74, 6) is 0.971. The molecule has 0 aliphatic heterocycles. The van der Waals surface area contributed by atoms with E-state index in [2.05, 4.69) is 25.8 Å². The minimum absolute atomic E-state index is 0.431. The van der Waals surface area contributed by atoms with Crippen LogP contribution in [0, 0.1) is 0 Å². The Balaban J connectivity index is 1.61. The minimum Gasteiger partial charge on any atom is -0.353 e. The SMILES string of the molecule is Clc1cccc(CCNc2nncc(Nc3cc(Cl)cc(Cl)c3)n2)c1. The molecule has 0 radical (unpaired) electrons. The van der Waals surface area contributed by atoms with Crippen LogP contribution >= 0.6 is 34.8 Å². The zero-order valence-electron chi connectivity index (χ0n) is 13.0. The Morgan fingerprint density at radius 3 is 2.48 bits per heavy atom. The number of hydrogen-bond donors (Lipinski definition) is 2. The molecule has 5 nitrogen and oxygen atoms in total. The molecule has 3 rings (SSSR count). The van der Waals surface area contributed by atoms with Gasteiger partial charge in [-0.1, -0.05) is 46.9 Å². The molecule has 0 aliphatic rings. The maximum Gasteiger partial charge on any atom is 0.244 e. The molecule has 2 aromatic carbocycles. The molecule has 0 fully saturated rings. The van der Waals surface area contributed by atoms with E-state index >= 15 is 0 Å². The lowest BCUT2D eigenvalue weighted by Crippen LogP contribution is -2.09. The maximum atomic E-state index is 5.99. The molecule has 25 heavy (non-hydrogen) atoms. The van der Waals surface area contributed by atoms with Crippen LogP contribution in [0.15, 0.2) is 48.7 Å². The fourth-order valence-corrected chi connectivity index (χ4v) is 2.96. The number of nitrogens with zero attached hydrogens (tertiary/aromatic N) is 3. The standard InChI is InChI=1S/C17H14Cl3N5/c18-12-3-1-2-11(6-12)4-5-21-17-24-16(10-22-25-17)23-15-8-13(19)7-14(20)9-15/h1-3,6-10H,4-5H2,(H2,21,23,24,25). The van der Waals surface area contributed by atoms with Crippen molar-refractivity contribution in [2.75, 3.05) is 17.2 Å². The van der Waals surface area contributed by atoms with E-state index in [0.29, 0.717) is 28.4 Å². The van der Waals surface area contributed by atoms with Gasteiger partial charge >= 0.3 is 0 Å². The summed E-state index contributed by atoms with van der Waals surface area (Å²) in [4.78, 5) is 4.37. The van der Waals surface area contributed by atoms with Crippen molar-refractivity contribution in [2.45, 2.75) is 6.42 Å². The van der Waals surface area contributed by atoms with Gasteiger partial charge in [0.2, 0.25) is 5.95 Å². The molecule has 0 unspecified atom stereocenters. The molecule has 8 heteroatoms. The number of halogens is 3. The van der Waals surface area contributed by atoms with Crippen molar-refractivity contribution in [2.24, 2.45) is 0 Å². The lowest BCUT2D eigenvalue weighted by molar-refractivity contribution is 0.929. The van der Waals surface area contributed by atoms with Crippen LogP contribution in [-0.2, 0) is 6.42 Å². The Labute approximate surface area is 160 Å². The molecule has 1 aromatic heterocycles. The first-order chi connectivity index (χ1) is 12.1. The summed E-state index contributed by atoms with van der Waals surface area (Å²) in [6.07, 6.45) is 2.32. The Kier molecular flexibility index (Phi) is 5.91. The summed E-state index contributed by atoms with van der Waals surface area (Å²) in [6, 6.07) is 12.9. The van der Waals surface area contributed by atoms with E-state index in [0.717, 1.165) is 22.7 Å². The molecule has 0 aliphatic carbocycles. The van der Waals surface area contributed by atoms with E-state index in [1.165, 1.54) is 6.20 Å². The molecular formula is C17H14Cl3N5. The van der Waals surface area contributed by atoms with Crippen LogP contribution in [0.3, 0.4) is 0 Å². The van der Waals surface area contributed by atoms with Crippen molar-refractivity contribution < 1.29 is 0 Å². The topological polar surface area (TPSA) is 62.7 Å². The van der Waals surface area contributed by atoms with Crippen molar-refractivity contribution >= 4 is 52.3 Å². The second kappa shape index (κ2) is 8.34. The van der Waals surface area contributed by atoms with Crippen LogP contribution < -0.4 is 10.6 Å². The fourth-order valence-electron chi connectivity index (χ4n) is 2.22. The number of benzene rings is 2. The molecule has 1 heterocycles. The van der Waals surface area contributed by atoms with Gasteiger partial charge in [0.1, 0.15) is 0 Å². The average Bonchev–Trinajstić information content (AvgIpc) is 2.54. The normalized spacial score (nSPS) is 10.5. The van der Waals surface area contributed by atoms with Gasteiger partial charge in [-0.2, -0.15) is 10.1 Å². The van der Waals surface area contributed by atoms with E-state index in [1.54, 1.807) is 18.2 Å². The van der Waals surface area contributed by atoms with Crippen LogP contribution in [-0.4, -0.2) is 21.7 Å².